The minimum Gasteiger partial charge on any atom is -0.481 e. The fourth-order valence-electron chi connectivity index (χ4n) is 5.50. The number of hydrogen-bond donors (Lipinski definition) is 4. The van der Waals surface area contributed by atoms with E-state index in [0.717, 1.165) is 63.0 Å². The highest BCUT2D eigenvalue weighted by Gasteiger charge is 2.27. The van der Waals surface area contributed by atoms with Gasteiger partial charge in [-0.15, -0.1) is 0 Å². The Kier molecular flexibility index (Phi) is 10.5. The van der Waals surface area contributed by atoms with Crippen molar-refractivity contribution < 1.29 is 19.8 Å². The van der Waals surface area contributed by atoms with Gasteiger partial charge in [-0.25, -0.2) is 9.78 Å². The average Bonchev–Trinajstić information content (AvgIpc) is 3.68. The van der Waals surface area contributed by atoms with E-state index in [1.54, 1.807) is 6.92 Å². The highest BCUT2D eigenvalue weighted by molar-refractivity contribution is 6.24. The Hall–Kier alpha value is -4.46. The van der Waals surface area contributed by atoms with E-state index in [2.05, 4.69) is 56.4 Å². The molecular weight excluding hydrogens is 540 g/mol. The lowest BCUT2D eigenvalue weighted by molar-refractivity contribution is -0.136. The number of aromatic nitrogens is 4. The largest absolute Gasteiger partial charge is 0.481 e. The first-order valence-electron chi connectivity index (χ1n) is 14.9. The van der Waals surface area contributed by atoms with Crippen molar-refractivity contribution >= 4 is 51.2 Å². The second-order valence-corrected chi connectivity index (χ2v) is 10.6. The first kappa shape index (κ1) is 33.0. The van der Waals surface area contributed by atoms with Gasteiger partial charge in [0.2, 0.25) is 0 Å². The lowest BCUT2D eigenvalue weighted by Gasteiger charge is -2.03. The summed E-state index contributed by atoms with van der Waals surface area (Å²) in [5, 5.41) is 17.8. The Morgan fingerprint density at radius 2 is 1.53 bits per heavy atom. The molecule has 4 N–H and O–H groups in total. The molecule has 5 heterocycles. The summed E-state index contributed by atoms with van der Waals surface area (Å²) in [4.78, 5) is 38.7. The van der Waals surface area contributed by atoms with Gasteiger partial charge in [-0.2, -0.15) is 0 Å². The zero-order valence-electron chi connectivity index (χ0n) is 26.8. The number of H-pyrrole nitrogens is 2. The molecule has 1 atom stereocenters. The minimum atomic E-state index is -0.965. The molecule has 8 heteroatoms. The molecule has 0 radical (unpaired) electrons. The normalized spacial score (nSPS) is 13.9. The molecule has 5 rings (SSSR count). The Morgan fingerprint density at radius 1 is 0.930 bits per heavy atom. The van der Waals surface area contributed by atoms with Crippen LogP contribution >= 0.6 is 0 Å². The van der Waals surface area contributed by atoms with E-state index >= 15 is 0 Å². The van der Waals surface area contributed by atoms with Gasteiger partial charge >= 0.3 is 11.9 Å². The number of nitrogens with one attached hydrogen (secondary N) is 2. The van der Waals surface area contributed by atoms with Crippen molar-refractivity contribution in [2.75, 3.05) is 0 Å². The molecule has 2 aliphatic rings. The van der Waals surface area contributed by atoms with Crippen molar-refractivity contribution in [3.8, 4) is 0 Å². The second kappa shape index (κ2) is 13.7. The lowest BCUT2D eigenvalue weighted by Crippen LogP contribution is -2.02. The van der Waals surface area contributed by atoms with Crippen LogP contribution in [0.25, 0.3) is 39.3 Å². The maximum absolute atomic E-state index is 12.3. The van der Waals surface area contributed by atoms with Crippen molar-refractivity contribution in [3.05, 3.63) is 75.4 Å². The van der Waals surface area contributed by atoms with Gasteiger partial charge in [-0.05, 0) is 86.6 Å². The summed E-state index contributed by atoms with van der Waals surface area (Å²) in [7, 11) is 0. The number of aryl methyl sites for hydroxylation is 3. The van der Waals surface area contributed by atoms with Gasteiger partial charge in [0.05, 0.1) is 17.0 Å². The number of carboxylic acids is 2. The van der Waals surface area contributed by atoms with Crippen LogP contribution < -0.4 is 0 Å². The Labute approximate surface area is 253 Å². The molecule has 0 amide bonds. The van der Waals surface area contributed by atoms with Crippen LogP contribution in [-0.4, -0.2) is 42.1 Å². The van der Waals surface area contributed by atoms with Crippen LogP contribution in [0.2, 0.25) is 0 Å². The lowest BCUT2D eigenvalue weighted by atomic mass is 9.99. The van der Waals surface area contributed by atoms with E-state index in [1.165, 1.54) is 11.1 Å². The molecule has 8 bridgehead atoms. The first-order chi connectivity index (χ1) is 20.4. The smallest absolute Gasteiger partial charge is 0.338 e. The van der Waals surface area contributed by atoms with E-state index in [0.29, 0.717) is 17.0 Å². The molecule has 0 aliphatic carbocycles. The Morgan fingerprint density at radius 3 is 2.09 bits per heavy atom. The quantitative estimate of drug-likeness (QED) is 0.244. The van der Waals surface area contributed by atoms with Gasteiger partial charge in [-0.1, -0.05) is 47.3 Å². The summed E-state index contributed by atoms with van der Waals surface area (Å²) in [6, 6.07) is 6.23. The molecule has 0 aromatic carbocycles. The second-order valence-electron chi connectivity index (χ2n) is 10.6. The zero-order valence-corrected chi connectivity index (χ0v) is 26.8. The predicted octanol–water partition coefficient (Wildman–Crippen LogP) is 8.31. The molecule has 228 valence electrons. The maximum atomic E-state index is 12.3. The highest BCUT2D eigenvalue weighted by atomic mass is 16.4. The number of nitrogens with zero attached hydrogens (tertiary/aromatic N) is 2. The number of hydrogen-bond acceptors (Lipinski definition) is 4. The average molecular weight is 585 g/mol. The van der Waals surface area contributed by atoms with Crippen molar-refractivity contribution in [2.45, 2.75) is 87.5 Å². The van der Waals surface area contributed by atoms with Crippen LogP contribution in [0.3, 0.4) is 0 Å². The third kappa shape index (κ3) is 6.48. The monoisotopic (exact) mass is 584 g/mol. The number of fused-ring (bicyclic) bond motifs is 8. The van der Waals surface area contributed by atoms with E-state index in [4.69, 9.17) is 15.1 Å². The molecule has 8 nitrogen and oxygen atoms in total. The third-order valence-electron chi connectivity index (χ3n) is 8.04. The van der Waals surface area contributed by atoms with E-state index in [1.807, 2.05) is 39.8 Å². The van der Waals surface area contributed by atoms with Crippen molar-refractivity contribution in [2.24, 2.45) is 0 Å². The summed E-state index contributed by atoms with van der Waals surface area (Å²) in [5.41, 5.74) is 13.3. The van der Waals surface area contributed by atoms with Gasteiger partial charge in [-0.3, -0.25) is 9.78 Å². The number of carboxylic acid groups (broad SMARTS) is 2. The Bertz CT molecular complexity index is 1770. The molecule has 0 saturated heterocycles. The molecular formula is C35H44N4O4. The topological polar surface area (TPSA) is 132 Å². The van der Waals surface area contributed by atoms with Crippen LogP contribution in [0.4, 0.5) is 0 Å². The van der Waals surface area contributed by atoms with Crippen molar-refractivity contribution in [1.82, 2.24) is 19.9 Å². The number of allylic oxidation sites excluding steroid dienone is 1. The maximum Gasteiger partial charge on any atom is 0.338 e. The van der Waals surface area contributed by atoms with Crippen LogP contribution in [0.15, 0.2) is 24.8 Å². The third-order valence-corrected chi connectivity index (χ3v) is 8.04. The van der Waals surface area contributed by atoms with Gasteiger partial charge in [0.15, 0.2) is 0 Å². The molecule has 3 aromatic rings. The van der Waals surface area contributed by atoms with Crippen molar-refractivity contribution in [1.29, 1.82) is 0 Å². The summed E-state index contributed by atoms with van der Waals surface area (Å²) in [6.45, 7) is 21.9. The summed E-state index contributed by atoms with van der Waals surface area (Å²) in [6.07, 6.45) is 3.71. The van der Waals surface area contributed by atoms with E-state index in [9.17, 15) is 14.7 Å². The van der Waals surface area contributed by atoms with Gasteiger partial charge in [0, 0.05) is 51.4 Å². The van der Waals surface area contributed by atoms with Gasteiger partial charge in [0.1, 0.15) is 0 Å². The van der Waals surface area contributed by atoms with Crippen LogP contribution in [0.1, 0.15) is 104 Å². The molecule has 43 heavy (non-hydrogen) atoms. The Balaban J connectivity index is 0.000000657. The van der Waals surface area contributed by atoms with Crippen LogP contribution in [-0.2, 0) is 22.4 Å². The number of carbonyl (C=O) groups is 2. The predicted molar refractivity (Wildman–Crippen MR) is 176 cm³/mol. The van der Waals surface area contributed by atoms with Crippen LogP contribution in [0, 0.1) is 20.8 Å². The molecule has 1 unspecified atom stereocenters. The standard InChI is InChI=1S/C30H32N4O2.C3H6O2.C2H6/c1-8-19-15(4)23-11-21-14(3)10-22(31-21)18(7)29-28(30(35)36)17(6)25(34-29)13-27-20(9-2)16(5)24(33-27)12-26(19)32-23;1-2-3(4)5;1-2/h8,11-14,32-33H,1,9-10H2,2-7H3,(H,35,36);2H2,1H3,(H,4,5);1-2H3. The summed E-state index contributed by atoms with van der Waals surface area (Å²) in [5.74, 6) is -1.50. The molecule has 3 aromatic heterocycles. The summed E-state index contributed by atoms with van der Waals surface area (Å²) >= 11 is 0. The van der Waals surface area contributed by atoms with Gasteiger partial charge in [0.25, 0.3) is 0 Å². The fraction of sp³-hybridized carbons (Fsp3) is 0.371. The molecule has 2 aliphatic heterocycles. The SMILES string of the molecule is C=Cc1c(C)c2cc3nc(c(C)c4nc(cc5[nH]c(cc1[nH]2)c(C)c5CC)C(C)=C4C(=O)O)CC3C.CC.CCC(=O)O. The van der Waals surface area contributed by atoms with E-state index < -0.39 is 11.9 Å². The molecule has 0 saturated carbocycles. The summed E-state index contributed by atoms with van der Waals surface area (Å²) < 4.78 is 0. The highest BCUT2D eigenvalue weighted by Crippen LogP contribution is 2.35. The van der Waals surface area contributed by atoms with Crippen molar-refractivity contribution in [3.63, 3.8) is 0 Å². The minimum absolute atomic E-state index is 0.211. The zero-order chi connectivity index (χ0) is 32.2. The first-order valence-corrected chi connectivity index (χ1v) is 14.9. The van der Waals surface area contributed by atoms with Crippen LogP contribution in [0.5, 0.6) is 0 Å². The van der Waals surface area contributed by atoms with E-state index in [-0.39, 0.29) is 17.9 Å². The van der Waals surface area contributed by atoms with Gasteiger partial charge < -0.3 is 20.2 Å². The number of rotatable bonds is 4. The molecule has 0 fully saturated rings. The fourth-order valence-corrected chi connectivity index (χ4v) is 5.50. The number of aliphatic carboxylic acids is 2. The number of aromatic amines is 2. The molecule has 0 spiro atoms.